The van der Waals surface area contributed by atoms with E-state index >= 15 is 0 Å². The van der Waals surface area contributed by atoms with Gasteiger partial charge in [-0.2, -0.15) is 5.10 Å². The van der Waals surface area contributed by atoms with E-state index in [0.29, 0.717) is 5.56 Å². The van der Waals surface area contributed by atoms with E-state index in [4.69, 9.17) is 0 Å². The van der Waals surface area contributed by atoms with Gasteiger partial charge in [0.25, 0.3) is 0 Å². The highest BCUT2D eigenvalue weighted by molar-refractivity contribution is 5.84. The summed E-state index contributed by atoms with van der Waals surface area (Å²) in [6.45, 7) is 3.73. The molecule has 1 aromatic carbocycles. The van der Waals surface area contributed by atoms with Crippen molar-refractivity contribution in [2.75, 3.05) is 0 Å². The van der Waals surface area contributed by atoms with Crippen molar-refractivity contribution in [3.8, 4) is 0 Å². The quantitative estimate of drug-likeness (QED) is 0.605. The van der Waals surface area contributed by atoms with Crippen LogP contribution in [0.5, 0.6) is 0 Å². The number of aryl methyl sites for hydroxylation is 3. The fourth-order valence-corrected chi connectivity index (χ4v) is 1.50. The van der Waals surface area contributed by atoms with Crippen LogP contribution in [0.2, 0.25) is 0 Å². The number of hydrogen-bond donors (Lipinski definition) is 0. The Morgan fingerprint density at radius 3 is 2.69 bits per heavy atom. The van der Waals surface area contributed by atoms with Gasteiger partial charge in [-0.25, -0.2) is 4.39 Å². The minimum absolute atomic E-state index is 0.189. The lowest BCUT2D eigenvalue weighted by molar-refractivity contribution is 0.620. The highest BCUT2D eigenvalue weighted by Gasteiger charge is 2.09. The van der Waals surface area contributed by atoms with Gasteiger partial charge < -0.3 is 0 Å². The van der Waals surface area contributed by atoms with E-state index in [0.717, 1.165) is 16.6 Å². The number of hydrogen-bond acceptors (Lipinski definition) is 1. The van der Waals surface area contributed by atoms with Gasteiger partial charge in [0.2, 0.25) is 0 Å². The molecule has 2 nitrogen and oxygen atoms in total. The minimum atomic E-state index is -0.189. The lowest BCUT2D eigenvalue weighted by Gasteiger charge is -1.95. The van der Waals surface area contributed by atoms with Gasteiger partial charge in [-0.15, -0.1) is 0 Å². The molecule has 0 spiro atoms. The first kappa shape index (κ1) is 8.23. The molecular formula is C10H11FN2. The molecule has 1 heterocycles. The summed E-state index contributed by atoms with van der Waals surface area (Å²) in [5, 5.41) is 5.28. The summed E-state index contributed by atoms with van der Waals surface area (Å²) in [5.74, 6) is -0.189. The fraction of sp³-hybridized carbons (Fsp3) is 0.300. The third-order valence-corrected chi connectivity index (χ3v) is 2.49. The Morgan fingerprint density at radius 1 is 1.31 bits per heavy atom. The van der Waals surface area contributed by atoms with Crippen LogP contribution in [0.3, 0.4) is 0 Å². The zero-order valence-electron chi connectivity index (χ0n) is 7.93. The largest absolute Gasteiger partial charge is 0.272 e. The van der Waals surface area contributed by atoms with Crippen molar-refractivity contribution in [2.24, 2.45) is 7.05 Å². The first-order valence-electron chi connectivity index (χ1n) is 4.19. The van der Waals surface area contributed by atoms with Crippen LogP contribution in [0.25, 0.3) is 10.9 Å². The lowest BCUT2D eigenvalue weighted by Crippen LogP contribution is -1.91. The van der Waals surface area contributed by atoms with E-state index in [1.54, 1.807) is 17.7 Å². The molecule has 0 aliphatic rings. The minimum Gasteiger partial charge on any atom is -0.272 e. The second kappa shape index (κ2) is 2.55. The van der Waals surface area contributed by atoms with Crippen LogP contribution in [0.4, 0.5) is 4.39 Å². The van der Waals surface area contributed by atoms with Crippen molar-refractivity contribution in [3.63, 3.8) is 0 Å². The normalized spacial score (nSPS) is 11.1. The molecule has 2 rings (SSSR count). The Morgan fingerprint density at radius 2 is 2.00 bits per heavy atom. The molecule has 0 saturated heterocycles. The molecule has 0 saturated carbocycles. The molecule has 1 aromatic heterocycles. The van der Waals surface area contributed by atoms with E-state index in [2.05, 4.69) is 5.10 Å². The zero-order valence-corrected chi connectivity index (χ0v) is 7.93. The first-order valence-corrected chi connectivity index (χ1v) is 4.19. The Kier molecular flexibility index (Phi) is 1.62. The van der Waals surface area contributed by atoms with Crippen molar-refractivity contribution in [1.82, 2.24) is 9.78 Å². The van der Waals surface area contributed by atoms with Gasteiger partial charge in [-0.05, 0) is 26.0 Å². The first-order chi connectivity index (χ1) is 6.11. The van der Waals surface area contributed by atoms with Gasteiger partial charge in [0.1, 0.15) is 5.82 Å². The van der Waals surface area contributed by atoms with Crippen LogP contribution < -0.4 is 0 Å². The predicted molar refractivity (Wildman–Crippen MR) is 50.1 cm³/mol. The lowest BCUT2D eigenvalue weighted by atomic mass is 10.1. The maximum atomic E-state index is 13.1. The van der Waals surface area contributed by atoms with Crippen molar-refractivity contribution in [2.45, 2.75) is 13.8 Å². The molecule has 0 bridgehead atoms. The standard InChI is InChI=1S/C10H11FN2/c1-6-9(11)5-4-8-7(2)13(3)12-10(6)8/h4-5H,1-3H3. The van der Waals surface area contributed by atoms with Crippen LogP contribution in [-0.4, -0.2) is 9.78 Å². The van der Waals surface area contributed by atoms with E-state index < -0.39 is 0 Å². The molecule has 0 aliphatic heterocycles. The number of aromatic nitrogens is 2. The molecule has 0 amide bonds. The van der Waals surface area contributed by atoms with Crippen molar-refractivity contribution >= 4 is 10.9 Å². The molecule has 0 atom stereocenters. The van der Waals surface area contributed by atoms with Crippen molar-refractivity contribution < 1.29 is 4.39 Å². The summed E-state index contributed by atoms with van der Waals surface area (Å²) < 4.78 is 14.9. The van der Waals surface area contributed by atoms with E-state index in [9.17, 15) is 4.39 Å². The maximum Gasteiger partial charge on any atom is 0.128 e. The Bertz CT molecular complexity index is 471. The molecule has 3 heteroatoms. The summed E-state index contributed by atoms with van der Waals surface area (Å²) >= 11 is 0. The third-order valence-electron chi connectivity index (χ3n) is 2.49. The topological polar surface area (TPSA) is 17.8 Å². The van der Waals surface area contributed by atoms with Crippen LogP contribution in [0.15, 0.2) is 12.1 Å². The number of fused-ring (bicyclic) bond motifs is 1. The smallest absolute Gasteiger partial charge is 0.128 e. The summed E-state index contributed by atoms with van der Waals surface area (Å²) in [5.41, 5.74) is 2.46. The van der Waals surface area contributed by atoms with Gasteiger partial charge in [0.05, 0.1) is 5.52 Å². The van der Waals surface area contributed by atoms with Crippen LogP contribution >= 0.6 is 0 Å². The second-order valence-electron chi connectivity index (χ2n) is 3.28. The molecule has 0 fully saturated rings. The molecule has 0 radical (unpaired) electrons. The molecular weight excluding hydrogens is 167 g/mol. The summed E-state index contributed by atoms with van der Waals surface area (Å²) in [6, 6.07) is 3.27. The highest BCUT2D eigenvalue weighted by atomic mass is 19.1. The van der Waals surface area contributed by atoms with Crippen molar-refractivity contribution in [1.29, 1.82) is 0 Å². The van der Waals surface area contributed by atoms with Crippen LogP contribution in [0, 0.1) is 19.7 Å². The van der Waals surface area contributed by atoms with E-state index in [1.165, 1.54) is 6.07 Å². The maximum absolute atomic E-state index is 13.1. The van der Waals surface area contributed by atoms with Crippen LogP contribution in [-0.2, 0) is 7.05 Å². The summed E-state index contributed by atoms with van der Waals surface area (Å²) in [6.07, 6.45) is 0. The fourth-order valence-electron chi connectivity index (χ4n) is 1.50. The Labute approximate surface area is 76.0 Å². The molecule has 0 unspecified atom stereocenters. The number of halogens is 1. The van der Waals surface area contributed by atoms with Crippen molar-refractivity contribution in [3.05, 3.63) is 29.2 Å². The molecule has 0 aliphatic carbocycles. The molecule has 2 aromatic rings. The van der Waals surface area contributed by atoms with Gasteiger partial charge in [0, 0.05) is 23.7 Å². The number of nitrogens with zero attached hydrogens (tertiary/aromatic N) is 2. The average molecular weight is 178 g/mol. The predicted octanol–water partition coefficient (Wildman–Crippen LogP) is 2.33. The Balaban J connectivity index is 2.94. The highest BCUT2D eigenvalue weighted by Crippen LogP contribution is 2.22. The number of benzene rings is 1. The van der Waals surface area contributed by atoms with Gasteiger partial charge in [-0.3, -0.25) is 4.68 Å². The van der Waals surface area contributed by atoms with E-state index in [-0.39, 0.29) is 5.82 Å². The second-order valence-corrected chi connectivity index (χ2v) is 3.28. The monoisotopic (exact) mass is 178 g/mol. The van der Waals surface area contributed by atoms with Gasteiger partial charge in [0.15, 0.2) is 0 Å². The summed E-state index contributed by atoms with van der Waals surface area (Å²) in [4.78, 5) is 0. The molecule has 13 heavy (non-hydrogen) atoms. The van der Waals surface area contributed by atoms with Gasteiger partial charge in [-0.1, -0.05) is 0 Å². The van der Waals surface area contributed by atoms with Crippen LogP contribution in [0.1, 0.15) is 11.3 Å². The van der Waals surface area contributed by atoms with E-state index in [1.807, 2.05) is 14.0 Å². The zero-order chi connectivity index (χ0) is 9.59. The Hall–Kier alpha value is -1.38. The number of rotatable bonds is 0. The third kappa shape index (κ3) is 1.03. The molecule has 0 N–H and O–H groups in total. The molecule has 68 valence electrons. The average Bonchev–Trinajstić information content (AvgIpc) is 2.38. The SMILES string of the molecule is Cc1c(F)ccc2c(C)n(C)nc12. The van der Waals surface area contributed by atoms with Gasteiger partial charge >= 0.3 is 0 Å². The summed E-state index contributed by atoms with van der Waals surface area (Å²) in [7, 11) is 1.87.